The highest BCUT2D eigenvalue weighted by atomic mass is 35.5. The first-order valence-corrected chi connectivity index (χ1v) is 9.73. The summed E-state index contributed by atoms with van der Waals surface area (Å²) >= 11 is 6.10. The number of amides is 1. The van der Waals surface area contributed by atoms with Crippen molar-refractivity contribution in [3.63, 3.8) is 0 Å². The number of carbonyl (C=O) groups excluding carboxylic acids is 1. The molecule has 29 heavy (non-hydrogen) atoms. The quantitative estimate of drug-likeness (QED) is 0.415. The molecule has 144 valence electrons. The zero-order valence-electron chi connectivity index (χ0n) is 15.6. The van der Waals surface area contributed by atoms with Crippen LogP contribution in [0.4, 0.5) is 5.69 Å². The molecule has 0 radical (unpaired) electrons. The van der Waals surface area contributed by atoms with Crippen LogP contribution in [0.3, 0.4) is 0 Å². The number of rotatable bonds is 6. The fourth-order valence-corrected chi connectivity index (χ4v) is 3.23. The summed E-state index contributed by atoms with van der Waals surface area (Å²) in [7, 11) is 0. The number of halogens is 1. The Bertz CT molecular complexity index is 1050. The molecule has 4 aromatic rings. The van der Waals surface area contributed by atoms with Crippen LogP contribution in [-0.2, 0) is 11.2 Å². The lowest BCUT2D eigenvalue weighted by molar-refractivity contribution is -0.116. The van der Waals surface area contributed by atoms with Crippen LogP contribution in [0.5, 0.6) is 0 Å². The molecule has 0 bridgehead atoms. The Balaban J connectivity index is 1.54. The summed E-state index contributed by atoms with van der Waals surface area (Å²) in [5, 5.41) is 3.33. The molecule has 5 heteroatoms. The number of carbonyl (C=O) groups is 1. The van der Waals surface area contributed by atoms with Gasteiger partial charge in [0.1, 0.15) is 5.69 Å². The standard InChI is InChI=1S/C24H19ClN2O2/c25-19-13-7-8-14-20(19)26-21(28)15-16-22-27-23(17-9-3-1-4-10-17)24(29-22)18-11-5-2-6-12-18/h1-14H,15-16H2,(H,26,28). The molecule has 0 aliphatic carbocycles. The molecular weight excluding hydrogens is 384 g/mol. The Morgan fingerprint density at radius 2 is 1.48 bits per heavy atom. The first kappa shape index (κ1) is 19.0. The van der Waals surface area contributed by atoms with E-state index in [0.29, 0.717) is 28.8 Å². The van der Waals surface area contributed by atoms with E-state index < -0.39 is 0 Å². The second kappa shape index (κ2) is 8.76. The van der Waals surface area contributed by atoms with E-state index in [1.807, 2.05) is 72.8 Å². The zero-order chi connectivity index (χ0) is 20.1. The lowest BCUT2D eigenvalue weighted by atomic mass is 10.1. The number of nitrogens with one attached hydrogen (secondary N) is 1. The normalized spacial score (nSPS) is 10.7. The molecule has 1 N–H and O–H groups in total. The largest absolute Gasteiger partial charge is 0.440 e. The third kappa shape index (κ3) is 4.55. The number of nitrogens with zero attached hydrogens (tertiary/aromatic N) is 1. The Labute approximate surface area is 174 Å². The van der Waals surface area contributed by atoms with Crippen molar-refractivity contribution >= 4 is 23.2 Å². The van der Waals surface area contributed by atoms with Crippen LogP contribution >= 0.6 is 11.6 Å². The molecule has 1 aromatic heterocycles. The monoisotopic (exact) mass is 402 g/mol. The van der Waals surface area contributed by atoms with Gasteiger partial charge in [0, 0.05) is 24.0 Å². The number of aryl methyl sites for hydroxylation is 1. The summed E-state index contributed by atoms with van der Waals surface area (Å²) in [5.41, 5.74) is 3.30. The number of aromatic nitrogens is 1. The molecule has 3 aromatic carbocycles. The van der Waals surface area contributed by atoms with Crippen molar-refractivity contribution in [3.8, 4) is 22.6 Å². The fraction of sp³-hybridized carbons (Fsp3) is 0.0833. The van der Waals surface area contributed by atoms with E-state index in [0.717, 1.165) is 16.8 Å². The van der Waals surface area contributed by atoms with E-state index >= 15 is 0 Å². The van der Waals surface area contributed by atoms with Crippen LogP contribution in [0.15, 0.2) is 89.3 Å². The van der Waals surface area contributed by atoms with Crippen molar-refractivity contribution in [2.75, 3.05) is 5.32 Å². The number of hydrogen-bond acceptors (Lipinski definition) is 3. The van der Waals surface area contributed by atoms with Gasteiger partial charge in [0.25, 0.3) is 0 Å². The molecule has 4 nitrogen and oxygen atoms in total. The van der Waals surface area contributed by atoms with Crippen LogP contribution < -0.4 is 5.32 Å². The van der Waals surface area contributed by atoms with Gasteiger partial charge in [-0.05, 0) is 12.1 Å². The molecule has 0 aliphatic rings. The summed E-state index contributed by atoms with van der Waals surface area (Å²) in [6.07, 6.45) is 0.636. The summed E-state index contributed by atoms with van der Waals surface area (Å²) in [6.45, 7) is 0. The SMILES string of the molecule is O=C(CCc1nc(-c2ccccc2)c(-c2ccccc2)o1)Nc1ccccc1Cl. The van der Waals surface area contributed by atoms with Gasteiger partial charge in [0.2, 0.25) is 5.91 Å². The Morgan fingerprint density at radius 3 is 2.17 bits per heavy atom. The Kier molecular flexibility index (Phi) is 5.73. The molecular formula is C24H19ClN2O2. The van der Waals surface area contributed by atoms with Crippen LogP contribution in [-0.4, -0.2) is 10.9 Å². The maximum Gasteiger partial charge on any atom is 0.224 e. The summed E-state index contributed by atoms with van der Waals surface area (Å²) in [6, 6.07) is 26.9. The second-order valence-corrected chi connectivity index (χ2v) is 6.95. The zero-order valence-corrected chi connectivity index (χ0v) is 16.4. The van der Waals surface area contributed by atoms with E-state index in [1.54, 1.807) is 12.1 Å². The topological polar surface area (TPSA) is 55.1 Å². The van der Waals surface area contributed by atoms with Gasteiger partial charge in [0.15, 0.2) is 11.7 Å². The van der Waals surface area contributed by atoms with E-state index in [1.165, 1.54) is 0 Å². The molecule has 0 saturated carbocycles. The minimum absolute atomic E-state index is 0.140. The molecule has 0 aliphatic heterocycles. The van der Waals surface area contributed by atoms with Gasteiger partial charge in [-0.15, -0.1) is 0 Å². The summed E-state index contributed by atoms with van der Waals surface area (Å²) in [4.78, 5) is 17.0. The lowest BCUT2D eigenvalue weighted by Gasteiger charge is -2.05. The smallest absolute Gasteiger partial charge is 0.224 e. The van der Waals surface area contributed by atoms with Gasteiger partial charge in [-0.25, -0.2) is 4.98 Å². The fourth-order valence-electron chi connectivity index (χ4n) is 3.04. The van der Waals surface area contributed by atoms with Crippen molar-refractivity contribution in [3.05, 3.63) is 95.8 Å². The third-order valence-corrected chi connectivity index (χ3v) is 4.80. The minimum atomic E-state index is -0.140. The van der Waals surface area contributed by atoms with Crippen LogP contribution in [0.2, 0.25) is 5.02 Å². The molecule has 0 unspecified atom stereocenters. The minimum Gasteiger partial charge on any atom is -0.440 e. The molecule has 0 spiro atoms. The number of benzene rings is 3. The van der Waals surface area contributed by atoms with E-state index in [9.17, 15) is 4.79 Å². The summed E-state index contributed by atoms with van der Waals surface area (Å²) < 4.78 is 6.06. The first-order valence-electron chi connectivity index (χ1n) is 9.35. The second-order valence-electron chi connectivity index (χ2n) is 6.55. The first-order chi connectivity index (χ1) is 14.2. The van der Waals surface area contributed by atoms with Gasteiger partial charge in [-0.2, -0.15) is 0 Å². The van der Waals surface area contributed by atoms with E-state index in [-0.39, 0.29) is 12.3 Å². The number of anilines is 1. The molecule has 4 rings (SSSR count). The highest BCUT2D eigenvalue weighted by Gasteiger charge is 2.17. The lowest BCUT2D eigenvalue weighted by Crippen LogP contribution is -2.12. The van der Waals surface area contributed by atoms with Crippen molar-refractivity contribution in [1.82, 2.24) is 4.98 Å². The maximum atomic E-state index is 12.3. The number of hydrogen-bond donors (Lipinski definition) is 1. The number of oxazole rings is 1. The van der Waals surface area contributed by atoms with Crippen molar-refractivity contribution in [2.24, 2.45) is 0 Å². The highest BCUT2D eigenvalue weighted by molar-refractivity contribution is 6.33. The van der Waals surface area contributed by atoms with Crippen molar-refractivity contribution in [1.29, 1.82) is 0 Å². The Morgan fingerprint density at radius 1 is 0.862 bits per heavy atom. The van der Waals surface area contributed by atoms with Gasteiger partial charge >= 0.3 is 0 Å². The van der Waals surface area contributed by atoms with Gasteiger partial charge in [-0.1, -0.05) is 84.4 Å². The molecule has 1 amide bonds. The van der Waals surface area contributed by atoms with Crippen LogP contribution in [0.25, 0.3) is 22.6 Å². The summed E-state index contributed by atoms with van der Waals surface area (Å²) in [5.74, 6) is 1.09. The third-order valence-electron chi connectivity index (χ3n) is 4.47. The van der Waals surface area contributed by atoms with Gasteiger partial charge < -0.3 is 9.73 Å². The average molecular weight is 403 g/mol. The predicted octanol–water partition coefficient (Wildman–Crippen LogP) is 6.23. The predicted molar refractivity (Wildman–Crippen MR) is 116 cm³/mol. The van der Waals surface area contributed by atoms with E-state index in [2.05, 4.69) is 10.3 Å². The van der Waals surface area contributed by atoms with E-state index in [4.69, 9.17) is 16.0 Å². The maximum absolute atomic E-state index is 12.3. The molecule has 0 fully saturated rings. The molecule has 0 atom stereocenters. The van der Waals surface area contributed by atoms with Gasteiger partial charge in [-0.3, -0.25) is 4.79 Å². The average Bonchev–Trinajstić information content (AvgIpc) is 3.20. The van der Waals surface area contributed by atoms with Crippen molar-refractivity contribution < 1.29 is 9.21 Å². The van der Waals surface area contributed by atoms with Crippen LogP contribution in [0.1, 0.15) is 12.3 Å². The number of para-hydroxylation sites is 1. The van der Waals surface area contributed by atoms with Crippen molar-refractivity contribution in [2.45, 2.75) is 12.8 Å². The Hall–Kier alpha value is -3.37. The molecule has 0 saturated heterocycles. The van der Waals surface area contributed by atoms with Crippen LogP contribution in [0, 0.1) is 0 Å². The highest BCUT2D eigenvalue weighted by Crippen LogP contribution is 2.32. The van der Waals surface area contributed by atoms with Gasteiger partial charge in [0.05, 0.1) is 10.7 Å². The molecule has 1 heterocycles.